The Morgan fingerprint density at radius 2 is 1.80 bits per heavy atom. The highest BCUT2D eigenvalue weighted by molar-refractivity contribution is 6.07. The molecule has 1 fully saturated rings. The number of esters is 1. The highest BCUT2D eigenvalue weighted by Gasteiger charge is 2.37. The van der Waals surface area contributed by atoms with Crippen LogP contribution in [0.4, 0.5) is 24.7 Å². The number of pyridine rings is 2. The number of rotatable bonds is 10. The van der Waals surface area contributed by atoms with Crippen molar-refractivity contribution in [1.29, 1.82) is 0 Å². The summed E-state index contributed by atoms with van der Waals surface area (Å²) in [6, 6.07) is 9.40. The van der Waals surface area contributed by atoms with Crippen molar-refractivity contribution >= 4 is 23.4 Å². The molecule has 236 valence electrons. The summed E-state index contributed by atoms with van der Waals surface area (Å²) in [5, 5.41) is 8.81. The topological polar surface area (TPSA) is 124 Å². The van der Waals surface area contributed by atoms with Crippen LogP contribution in [0.1, 0.15) is 55.1 Å². The van der Waals surface area contributed by atoms with Gasteiger partial charge in [-0.25, -0.2) is 14.8 Å². The molecule has 13 heteroatoms. The van der Waals surface area contributed by atoms with Crippen molar-refractivity contribution in [3.8, 4) is 11.6 Å². The number of ether oxygens (including phenoxy) is 3. The first kappa shape index (κ1) is 32.5. The van der Waals surface area contributed by atoms with Crippen LogP contribution in [-0.4, -0.2) is 53.7 Å². The molecule has 4 rings (SSSR count). The first-order valence-electron chi connectivity index (χ1n) is 14.1. The standard InChI is InChI=1S/C31H36F3N5O5/c1-30(2,3)44-29(41)26(20-8-11-35-12-9-20)43-23-16-21(31(32,33)34)15-22(17-23)39-28(40)24-6-5-10-37-27(24)38-18-19-7-13-36-25(14-19)42-4/h5-7,10,13-17,20,26,35H,8-9,11-12,18H2,1-4H3,(H,37,38)(H,39,40). The van der Waals surface area contributed by atoms with E-state index in [1.807, 2.05) is 0 Å². The number of halogens is 3. The second kappa shape index (κ2) is 13.9. The summed E-state index contributed by atoms with van der Waals surface area (Å²) in [5.41, 5.74) is -1.12. The van der Waals surface area contributed by atoms with Gasteiger partial charge in [-0.1, -0.05) is 0 Å². The van der Waals surface area contributed by atoms with Gasteiger partial charge >= 0.3 is 12.1 Å². The van der Waals surface area contributed by atoms with Gasteiger partial charge in [0.15, 0.2) is 6.10 Å². The fourth-order valence-corrected chi connectivity index (χ4v) is 4.68. The number of carbonyl (C=O) groups is 2. The van der Waals surface area contributed by atoms with Gasteiger partial charge in [0.05, 0.1) is 18.2 Å². The van der Waals surface area contributed by atoms with Crippen molar-refractivity contribution in [2.24, 2.45) is 5.92 Å². The second-order valence-electron chi connectivity index (χ2n) is 11.3. The van der Waals surface area contributed by atoms with E-state index in [-0.39, 0.29) is 35.3 Å². The first-order chi connectivity index (χ1) is 20.8. The van der Waals surface area contributed by atoms with Crippen molar-refractivity contribution < 1.29 is 37.0 Å². The molecule has 10 nitrogen and oxygen atoms in total. The number of alkyl halides is 3. The van der Waals surface area contributed by atoms with Gasteiger partial charge in [0.2, 0.25) is 5.88 Å². The number of benzene rings is 1. The number of amides is 1. The number of anilines is 2. The molecule has 2 aromatic heterocycles. The molecule has 1 aliphatic heterocycles. The minimum atomic E-state index is -4.75. The monoisotopic (exact) mass is 615 g/mol. The average Bonchev–Trinajstić information content (AvgIpc) is 2.98. The van der Waals surface area contributed by atoms with Gasteiger partial charge in [-0.15, -0.1) is 0 Å². The number of piperidine rings is 1. The molecule has 1 saturated heterocycles. The molecule has 0 radical (unpaired) electrons. The highest BCUT2D eigenvalue weighted by Crippen LogP contribution is 2.36. The van der Waals surface area contributed by atoms with Gasteiger partial charge in [-0.2, -0.15) is 13.2 Å². The molecule has 3 aromatic rings. The van der Waals surface area contributed by atoms with Crippen LogP contribution in [0.5, 0.6) is 11.6 Å². The fraction of sp³-hybridized carbons (Fsp3) is 0.419. The number of aromatic nitrogens is 2. The molecule has 1 aromatic carbocycles. The van der Waals surface area contributed by atoms with Crippen LogP contribution in [0.25, 0.3) is 0 Å². The quantitative estimate of drug-likeness (QED) is 0.255. The summed E-state index contributed by atoms with van der Waals surface area (Å²) >= 11 is 0. The summed E-state index contributed by atoms with van der Waals surface area (Å²) in [4.78, 5) is 34.8. The number of nitrogens with one attached hydrogen (secondary N) is 3. The summed E-state index contributed by atoms with van der Waals surface area (Å²) in [6.45, 7) is 6.66. The lowest BCUT2D eigenvalue weighted by Gasteiger charge is -2.32. The fourth-order valence-electron chi connectivity index (χ4n) is 4.68. The van der Waals surface area contributed by atoms with Crippen molar-refractivity contribution in [2.75, 3.05) is 30.8 Å². The van der Waals surface area contributed by atoms with E-state index in [1.54, 1.807) is 45.2 Å². The third-order valence-corrected chi connectivity index (χ3v) is 6.73. The lowest BCUT2D eigenvalue weighted by Crippen LogP contribution is -2.44. The minimum Gasteiger partial charge on any atom is -0.481 e. The zero-order valence-electron chi connectivity index (χ0n) is 25.0. The normalized spacial score (nSPS) is 14.8. The summed E-state index contributed by atoms with van der Waals surface area (Å²) in [6.07, 6.45) is -1.66. The molecule has 3 heterocycles. The van der Waals surface area contributed by atoms with E-state index in [2.05, 4.69) is 25.9 Å². The average molecular weight is 616 g/mol. The number of hydrogen-bond acceptors (Lipinski definition) is 9. The molecular weight excluding hydrogens is 579 g/mol. The van der Waals surface area contributed by atoms with E-state index in [1.165, 1.54) is 25.4 Å². The molecule has 44 heavy (non-hydrogen) atoms. The Morgan fingerprint density at radius 1 is 1.05 bits per heavy atom. The molecule has 0 saturated carbocycles. The molecule has 1 atom stereocenters. The SMILES string of the molecule is COc1cc(CNc2ncccc2C(=O)Nc2cc(OC(C(=O)OC(C)(C)C)C3CCNCC3)cc(C(F)(F)F)c2)ccn1. The van der Waals surface area contributed by atoms with Crippen molar-refractivity contribution in [3.05, 3.63) is 71.5 Å². The Kier molecular flexibility index (Phi) is 10.3. The molecule has 0 spiro atoms. The summed E-state index contributed by atoms with van der Waals surface area (Å²) < 4.78 is 58.5. The van der Waals surface area contributed by atoms with Crippen LogP contribution >= 0.6 is 0 Å². The van der Waals surface area contributed by atoms with E-state index in [9.17, 15) is 22.8 Å². The van der Waals surface area contributed by atoms with Gasteiger partial charge in [0.25, 0.3) is 5.91 Å². The van der Waals surface area contributed by atoms with Crippen molar-refractivity contribution in [2.45, 2.75) is 58.0 Å². The molecule has 0 aliphatic carbocycles. The molecule has 0 bridgehead atoms. The smallest absolute Gasteiger partial charge is 0.416 e. The summed E-state index contributed by atoms with van der Waals surface area (Å²) in [5.74, 6) is -1.21. The maximum atomic E-state index is 14.0. The molecule has 3 N–H and O–H groups in total. The van der Waals surface area contributed by atoms with Crippen LogP contribution in [0, 0.1) is 5.92 Å². The second-order valence-corrected chi connectivity index (χ2v) is 11.3. The van der Waals surface area contributed by atoms with Crippen LogP contribution in [0.15, 0.2) is 54.9 Å². The Bertz CT molecular complexity index is 1460. The molecule has 1 aliphatic rings. The molecular formula is C31H36F3N5O5. The zero-order valence-corrected chi connectivity index (χ0v) is 25.0. The van der Waals surface area contributed by atoms with E-state index >= 15 is 0 Å². The van der Waals surface area contributed by atoms with E-state index in [4.69, 9.17) is 14.2 Å². The van der Waals surface area contributed by atoms with Gasteiger partial charge in [-0.05, 0) is 82.6 Å². The van der Waals surface area contributed by atoms with Crippen molar-refractivity contribution in [3.63, 3.8) is 0 Å². The van der Waals surface area contributed by atoms with Crippen LogP contribution < -0.4 is 25.4 Å². The maximum absolute atomic E-state index is 14.0. The largest absolute Gasteiger partial charge is 0.481 e. The van der Waals surface area contributed by atoms with Crippen LogP contribution in [0.3, 0.4) is 0 Å². The zero-order chi connectivity index (χ0) is 31.9. The first-order valence-corrected chi connectivity index (χ1v) is 14.1. The number of carbonyl (C=O) groups excluding carboxylic acids is 2. The van der Waals surface area contributed by atoms with E-state index < -0.39 is 35.3 Å². The van der Waals surface area contributed by atoms with Crippen molar-refractivity contribution in [1.82, 2.24) is 15.3 Å². The predicted octanol–water partition coefficient (Wildman–Crippen LogP) is 5.46. The van der Waals surface area contributed by atoms with Gasteiger partial charge in [0.1, 0.15) is 17.2 Å². The van der Waals surface area contributed by atoms with Crippen LogP contribution in [0.2, 0.25) is 0 Å². The Balaban J connectivity index is 1.59. The molecule has 1 unspecified atom stereocenters. The Labute approximate surface area is 253 Å². The number of nitrogens with zero attached hydrogens (tertiary/aromatic N) is 2. The minimum absolute atomic E-state index is 0.106. The lowest BCUT2D eigenvalue weighted by molar-refractivity contribution is -0.166. The third-order valence-electron chi connectivity index (χ3n) is 6.73. The van der Waals surface area contributed by atoms with Gasteiger partial charge in [0, 0.05) is 42.7 Å². The number of hydrogen-bond donors (Lipinski definition) is 3. The van der Waals surface area contributed by atoms with E-state index in [0.717, 1.165) is 17.7 Å². The van der Waals surface area contributed by atoms with Gasteiger partial charge < -0.3 is 30.2 Å². The Morgan fingerprint density at radius 3 is 2.48 bits per heavy atom. The predicted molar refractivity (Wildman–Crippen MR) is 158 cm³/mol. The lowest BCUT2D eigenvalue weighted by atomic mass is 9.92. The summed E-state index contributed by atoms with van der Waals surface area (Å²) in [7, 11) is 1.50. The molecule has 1 amide bonds. The van der Waals surface area contributed by atoms with Gasteiger partial charge in [-0.3, -0.25) is 4.79 Å². The van der Waals surface area contributed by atoms with E-state index in [0.29, 0.717) is 31.8 Å². The van der Waals surface area contributed by atoms with Crippen LogP contribution in [-0.2, 0) is 22.3 Å². The number of methoxy groups -OCH3 is 1. The third kappa shape index (κ3) is 9.06. The Hall–Kier alpha value is -4.39. The highest BCUT2D eigenvalue weighted by atomic mass is 19.4. The maximum Gasteiger partial charge on any atom is 0.416 e.